The average molecular weight is 550 g/mol. The quantitative estimate of drug-likeness (QED) is 0.378. The van der Waals surface area contributed by atoms with Gasteiger partial charge in [0.15, 0.2) is 0 Å². The molecule has 1 N–H and O–H groups in total. The van der Waals surface area contributed by atoms with Crippen LogP contribution >= 0.6 is 0 Å². The van der Waals surface area contributed by atoms with Crippen LogP contribution in [0.25, 0.3) is 11.3 Å². The van der Waals surface area contributed by atoms with Gasteiger partial charge in [-0.05, 0) is 104 Å². The van der Waals surface area contributed by atoms with E-state index in [-0.39, 0.29) is 34.4 Å². The highest BCUT2D eigenvalue weighted by Gasteiger charge is 2.55. The van der Waals surface area contributed by atoms with E-state index in [2.05, 4.69) is 34.6 Å². The summed E-state index contributed by atoms with van der Waals surface area (Å²) < 4.78 is 50.6. The third-order valence-electron chi connectivity index (χ3n) is 8.93. The summed E-state index contributed by atoms with van der Waals surface area (Å²) in [6.45, 7) is 8.48. The zero-order valence-electron chi connectivity index (χ0n) is 23.0. The Bertz CT molecular complexity index is 1530. The van der Waals surface area contributed by atoms with Crippen molar-refractivity contribution in [3.05, 3.63) is 65.0 Å². The van der Waals surface area contributed by atoms with Crippen LogP contribution in [0.1, 0.15) is 68.6 Å². The fourth-order valence-electron chi connectivity index (χ4n) is 6.89. The van der Waals surface area contributed by atoms with Crippen molar-refractivity contribution in [2.75, 3.05) is 11.3 Å². The van der Waals surface area contributed by atoms with Gasteiger partial charge in [-0.1, -0.05) is 32.0 Å². The van der Waals surface area contributed by atoms with E-state index in [4.69, 9.17) is 4.74 Å². The van der Waals surface area contributed by atoms with Crippen LogP contribution in [0, 0.1) is 42.8 Å². The van der Waals surface area contributed by atoms with Crippen molar-refractivity contribution in [1.29, 1.82) is 0 Å². The van der Waals surface area contributed by atoms with Crippen LogP contribution in [0.2, 0.25) is 0 Å². The molecule has 1 spiro atoms. The molecule has 1 unspecified atom stereocenters. The molecule has 0 saturated heterocycles. The predicted molar refractivity (Wildman–Crippen MR) is 150 cm³/mol. The van der Waals surface area contributed by atoms with Crippen molar-refractivity contribution < 1.29 is 17.5 Å². The zero-order valence-corrected chi connectivity index (χ0v) is 23.8. The summed E-state index contributed by atoms with van der Waals surface area (Å²) in [6, 6.07) is 12.2. The molecule has 6 nitrogen and oxygen atoms in total. The molecule has 2 atom stereocenters. The summed E-state index contributed by atoms with van der Waals surface area (Å²) in [7, 11) is -3.97. The number of sulfonamides is 1. The van der Waals surface area contributed by atoms with E-state index < -0.39 is 10.0 Å². The van der Waals surface area contributed by atoms with Crippen LogP contribution < -0.4 is 9.46 Å². The third-order valence-corrected chi connectivity index (χ3v) is 10.3. The first kappa shape index (κ1) is 26.2. The predicted octanol–water partition coefficient (Wildman–Crippen LogP) is 7.03. The molecule has 2 aliphatic carbocycles. The molecular weight excluding hydrogens is 513 g/mol. The Morgan fingerprint density at radius 1 is 1.10 bits per heavy atom. The molecule has 0 radical (unpaired) electrons. The molecule has 3 aromatic rings. The molecule has 8 heteroatoms. The van der Waals surface area contributed by atoms with Crippen LogP contribution in [0.4, 0.5) is 10.3 Å². The van der Waals surface area contributed by atoms with Crippen LogP contribution in [0.5, 0.6) is 5.88 Å². The number of hydrogen-bond donors (Lipinski definition) is 1. The maximum absolute atomic E-state index is 14.6. The van der Waals surface area contributed by atoms with Crippen LogP contribution in [-0.4, -0.2) is 25.0 Å². The summed E-state index contributed by atoms with van der Waals surface area (Å²) in [6.07, 6.45) is 5.97. The summed E-state index contributed by atoms with van der Waals surface area (Å²) in [4.78, 5) is 9.15. The second kappa shape index (κ2) is 9.58. The van der Waals surface area contributed by atoms with Crippen molar-refractivity contribution in [2.24, 2.45) is 23.2 Å². The van der Waals surface area contributed by atoms with Gasteiger partial charge in [-0.25, -0.2) is 22.5 Å². The van der Waals surface area contributed by atoms with E-state index in [0.717, 1.165) is 17.5 Å². The van der Waals surface area contributed by atoms with Crippen molar-refractivity contribution >= 4 is 16.0 Å². The number of aryl methyl sites for hydroxylation is 1. The number of hydrogen-bond acceptors (Lipinski definition) is 5. The minimum absolute atomic E-state index is 0.0943. The van der Waals surface area contributed by atoms with Crippen molar-refractivity contribution in [3.63, 3.8) is 0 Å². The molecule has 1 aliphatic heterocycles. The molecule has 6 rings (SSSR count). The van der Waals surface area contributed by atoms with Crippen molar-refractivity contribution in [2.45, 2.75) is 70.6 Å². The van der Waals surface area contributed by atoms with E-state index in [1.807, 2.05) is 19.1 Å². The molecule has 4 bridgehead atoms. The Kier molecular flexibility index (Phi) is 6.44. The van der Waals surface area contributed by atoms with Gasteiger partial charge < -0.3 is 4.74 Å². The second-order valence-corrected chi connectivity index (χ2v) is 14.0. The lowest BCUT2D eigenvalue weighted by atomic mass is 9.60. The Balaban J connectivity index is 1.47. The topological polar surface area (TPSA) is 81.2 Å². The van der Waals surface area contributed by atoms with E-state index in [1.165, 1.54) is 31.7 Å². The highest BCUT2D eigenvalue weighted by molar-refractivity contribution is 7.92. The average Bonchev–Trinajstić information content (AvgIpc) is 3.65. The Morgan fingerprint density at radius 2 is 1.87 bits per heavy atom. The SMILES string of the molecule is Cc1ccc(F)c(C)c1-c1cc2nc(n1)NS(=O)(=O)c1cccc(c1)C(C1CC3(CC3)C1)[C@H](CC(C)C)CO2. The van der Waals surface area contributed by atoms with E-state index in [0.29, 0.717) is 40.7 Å². The standard InChI is InChI=1S/C31H36FN3O3S/c1-18(2)12-22-17-38-27-14-26(28-19(3)8-9-25(32)20(28)4)33-30(34-27)35-39(36,37)24-7-5-6-21(13-24)29(22)23-15-31(16-23)10-11-31/h5-9,13-14,18,22-23,29H,10-12,15-17H2,1-4H3,(H,33,34,35)/t22-,29?/m1/s1. The smallest absolute Gasteiger partial charge is 0.264 e. The summed E-state index contributed by atoms with van der Waals surface area (Å²) in [5.74, 6) is 1.18. The number of aromatic nitrogens is 2. The number of nitrogens with zero attached hydrogens (tertiary/aromatic N) is 2. The summed E-state index contributed by atoms with van der Waals surface area (Å²) >= 11 is 0. The van der Waals surface area contributed by atoms with Gasteiger partial charge in [0.2, 0.25) is 11.8 Å². The van der Waals surface area contributed by atoms with E-state index in [1.54, 1.807) is 25.1 Å². The molecule has 206 valence electrons. The normalized spacial score (nSPS) is 23.2. The molecule has 2 fully saturated rings. The third kappa shape index (κ3) is 5.04. The van der Waals surface area contributed by atoms with Gasteiger partial charge in [0.1, 0.15) is 5.82 Å². The first-order chi connectivity index (χ1) is 18.5. The molecule has 39 heavy (non-hydrogen) atoms. The lowest BCUT2D eigenvalue weighted by molar-refractivity contribution is 0.0809. The maximum atomic E-state index is 14.6. The highest BCUT2D eigenvalue weighted by Crippen LogP contribution is 2.67. The van der Waals surface area contributed by atoms with Crippen molar-refractivity contribution in [1.82, 2.24) is 9.97 Å². The van der Waals surface area contributed by atoms with E-state index in [9.17, 15) is 12.8 Å². The lowest BCUT2D eigenvalue weighted by Crippen LogP contribution is -2.36. The second-order valence-electron chi connectivity index (χ2n) is 12.4. The summed E-state index contributed by atoms with van der Waals surface area (Å²) in [5.41, 5.74) is 3.89. The Hall–Kier alpha value is -3.00. The molecule has 2 saturated carbocycles. The zero-order chi connectivity index (χ0) is 27.5. The molecule has 0 amide bonds. The molecular formula is C31H36FN3O3S. The minimum Gasteiger partial charge on any atom is -0.477 e. The van der Waals surface area contributed by atoms with Gasteiger partial charge in [-0.15, -0.1) is 0 Å². The van der Waals surface area contributed by atoms with Crippen LogP contribution in [0.15, 0.2) is 47.4 Å². The van der Waals surface area contributed by atoms with Gasteiger partial charge in [0.05, 0.1) is 17.2 Å². The van der Waals surface area contributed by atoms with Crippen LogP contribution in [-0.2, 0) is 10.0 Å². The molecule has 2 heterocycles. The first-order valence-corrected chi connectivity index (χ1v) is 15.4. The maximum Gasteiger partial charge on any atom is 0.264 e. The van der Waals surface area contributed by atoms with Gasteiger partial charge in [-0.3, -0.25) is 0 Å². The Morgan fingerprint density at radius 3 is 2.59 bits per heavy atom. The monoisotopic (exact) mass is 549 g/mol. The van der Waals surface area contributed by atoms with Gasteiger partial charge >= 0.3 is 0 Å². The fraction of sp³-hybridized carbons (Fsp3) is 0.484. The molecule has 2 aromatic carbocycles. The number of ether oxygens (including phenoxy) is 1. The van der Waals surface area contributed by atoms with Gasteiger partial charge in [-0.2, -0.15) is 4.98 Å². The number of nitrogens with one attached hydrogen (secondary N) is 1. The number of anilines is 1. The number of halogens is 1. The van der Waals surface area contributed by atoms with E-state index >= 15 is 0 Å². The number of rotatable bonds is 4. The fourth-order valence-corrected chi connectivity index (χ4v) is 7.89. The molecule has 3 aliphatic rings. The Labute approximate surface area is 230 Å². The molecule has 1 aromatic heterocycles. The minimum atomic E-state index is -3.97. The highest BCUT2D eigenvalue weighted by atomic mass is 32.2. The summed E-state index contributed by atoms with van der Waals surface area (Å²) in [5, 5.41) is 0. The van der Waals surface area contributed by atoms with Crippen molar-refractivity contribution in [3.8, 4) is 17.1 Å². The van der Waals surface area contributed by atoms with Gasteiger partial charge in [0, 0.05) is 17.5 Å². The largest absolute Gasteiger partial charge is 0.477 e. The number of fused-ring (bicyclic) bond motifs is 4. The van der Waals surface area contributed by atoms with Crippen LogP contribution in [0.3, 0.4) is 0 Å². The first-order valence-electron chi connectivity index (χ1n) is 13.9. The number of benzene rings is 2. The van der Waals surface area contributed by atoms with Gasteiger partial charge in [0.25, 0.3) is 10.0 Å². The lowest BCUT2D eigenvalue weighted by Gasteiger charge is -2.45.